The zero-order valence-electron chi connectivity index (χ0n) is 11.4. The Labute approximate surface area is 107 Å². The summed E-state index contributed by atoms with van der Waals surface area (Å²) in [5.74, 6) is -1.46. The van der Waals surface area contributed by atoms with E-state index in [0.29, 0.717) is 0 Å². The van der Waals surface area contributed by atoms with E-state index in [1.807, 2.05) is 13.8 Å². The average Bonchev–Trinajstić information content (AvgIpc) is 2.89. The molecule has 102 valence electrons. The predicted molar refractivity (Wildman–Crippen MR) is 64.8 cm³/mol. The number of methoxy groups -OCH3 is 2. The second-order valence-corrected chi connectivity index (χ2v) is 5.61. The number of nitrogens with zero attached hydrogens (tertiary/aromatic N) is 1. The Morgan fingerprint density at radius 2 is 1.78 bits per heavy atom. The zero-order chi connectivity index (χ0) is 13.5. The van der Waals surface area contributed by atoms with Gasteiger partial charge in [0.1, 0.15) is 0 Å². The molecule has 0 N–H and O–H groups in total. The summed E-state index contributed by atoms with van der Waals surface area (Å²) >= 11 is 0. The third-order valence-corrected chi connectivity index (χ3v) is 4.50. The summed E-state index contributed by atoms with van der Waals surface area (Å²) in [7, 11) is 2.75. The predicted octanol–water partition coefficient (Wildman–Crippen LogP) is 0.821. The molecule has 0 aromatic carbocycles. The Bertz CT molecular complexity index is 366. The fourth-order valence-electron chi connectivity index (χ4n) is 3.71. The van der Waals surface area contributed by atoms with E-state index in [1.165, 1.54) is 14.2 Å². The largest absolute Gasteiger partial charge is 0.469 e. The van der Waals surface area contributed by atoms with Crippen molar-refractivity contribution in [3.8, 4) is 0 Å². The Kier molecular flexibility index (Phi) is 3.36. The van der Waals surface area contributed by atoms with Crippen LogP contribution >= 0.6 is 0 Å². The highest BCUT2D eigenvalue weighted by molar-refractivity contribution is 5.84. The number of rotatable bonds is 2. The fourth-order valence-corrected chi connectivity index (χ4v) is 3.71. The fraction of sp³-hybridized carbons (Fsp3) is 0.846. The van der Waals surface area contributed by atoms with E-state index in [-0.39, 0.29) is 23.5 Å². The lowest BCUT2D eigenvalue weighted by atomic mass is 9.79. The highest BCUT2D eigenvalue weighted by atomic mass is 16.5. The van der Waals surface area contributed by atoms with Gasteiger partial charge in [-0.25, -0.2) is 0 Å². The number of esters is 2. The quantitative estimate of drug-likeness (QED) is 0.684. The maximum Gasteiger partial charge on any atom is 0.311 e. The van der Waals surface area contributed by atoms with Gasteiger partial charge in [-0.3, -0.25) is 14.5 Å². The van der Waals surface area contributed by atoms with Gasteiger partial charge in [-0.1, -0.05) is 0 Å². The molecule has 5 nitrogen and oxygen atoms in total. The molecule has 0 aromatic rings. The molecule has 0 aromatic heterocycles. The maximum absolute atomic E-state index is 12.0. The van der Waals surface area contributed by atoms with Gasteiger partial charge in [-0.15, -0.1) is 0 Å². The Morgan fingerprint density at radius 3 is 2.33 bits per heavy atom. The van der Waals surface area contributed by atoms with Crippen LogP contribution in [0, 0.1) is 11.8 Å². The van der Waals surface area contributed by atoms with Crippen LogP contribution in [0.4, 0.5) is 0 Å². The molecular weight excluding hydrogens is 234 g/mol. The summed E-state index contributed by atoms with van der Waals surface area (Å²) in [4.78, 5) is 26.3. The minimum atomic E-state index is -0.444. The smallest absolute Gasteiger partial charge is 0.311 e. The van der Waals surface area contributed by atoms with Crippen molar-refractivity contribution in [2.45, 2.75) is 38.3 Å². The number of fused-ring (bicyclic) bond motifs is 1. The standard InChI is InChI=1S/C13H21NO4/c1-13(2)10(12(16)18-4)9(11(15)17-3)8-6-5-7-14(8)13/h8-10H,5-7H2,1-4H3/t8-,9+,10+/m0/s1. The molecule has 2 saturated heterocycles. The van der Waals surface area contributed by atoms with E-state index in [4.69, 9.17) is 9.47 Å². The van der Waals surface area contributed by atoms with Gasteiger partial charge in [0.2, 0.25) is 0 Å². The van der Waals surface area contributed by atoms with E-state index < -0.39 is 11.8 Å². The number of carbonyl (C=O) groups excluding carboxylic acids is 2. The van der Waals surface area contributed by atoms with Crippen LogP contribution in [0.2, 0.25) is 0 Å². The lowest BCUT2D eigenvalue weighted by molar-refractivity contribution is -0.158. The van der Waals surface area contributed by atoms with Gasteiger partial charge in [-0.05, 0) is 33.2 Å². The molecule has 0 aliphatic carbocycles. The first-order chi connectivity index (χ1) is 8.45. The Balaban J connectivity index is 2.39. The molecule has 0 spiro atoms. The van der Waals surface area contributed by atoms with Crippen molar-refractivity contribution in [2.75, 3.05) is 20.8 Å². The lowest BCUT2D eigenvalue weighted by Crippen LogP contribution is -2.46. The van der Waals surface area contributed by atoms with E-state index in [1.54, 1.807) is 0 Å². The maximum atomic E-state index is 12.0. The first kappa shape index (κ1) is 13.3. The molecular formula is C13H21NO4. The third kappa shape index (κ3) is 1.72. The molecule has 0 radical (unpaired) electrons. The normalized spacial score (nSPS) is 34.1. The SMILES string of the molecule is COC(=O)[C@@H]1[C@@H]2CCCN2C(C)(C)[C@H]1C(=O)OC. The van der Waals surface area contributed by atoms with Crippen molar-refractivity contribution in [1.82, 2.24) is 4.90 Å². The topological polar surface area (TPSA) is 55.8 Å². The number of ether oxygens (including phenoxy) is 2. The Morgan fingerprint density at radius 1 is 1.17 bits per heavy atom. The van der Waals surface area contributed by atoms with Gasteiger partial charge in [-0.2, -0.15) is 0 Å². The number of hydrogen-bond acceptors (Lipinski definition) is 5. The second-order valence-electron chi connectivity index (χ2n) is 5.61. The molecule has 2 heterocycles. The van der Waals surface area contributed by atoms with E-state index in [2.05, 4.69) is 4.90 Å². The molecule has 0 amide bonds. The summed E-state index contributed by atoms with van der Waals surface area (Å²) in [6, 6.07) is 0.108. The highest BCUT2D eigenvalue weighted by Gasteiger charge is 2.61. The van der Waals surface area contributed by atoms with Crippen LogP contribution in [-0.4, -0.2) is 49.2 Å². The molecule has 0 saturated carbocycles. The van der Waals surface area contributed by atoms with Crippen molar-refractivity contribution in [1.29, 1.82) is 0 Å². The van der Waals surface area contributed by atoms with Crippen molar-refractivity contribution < 1.29 is 19.1 Å². The van der Waals surface area contributed by atoms with Crippen molar-refractivity contribution in [3.05, 3.63) is 0 Å². The minimum Gasteiger partial charge on any atom is -0.469 e. The van der Waals surface area contributed by atoms with Gasteiger partial charge in [0.05, 0.1) is 26.1 Å². The molecule has 2 aliphatic heterocycles. The lowest BCUT2D eigenvalue weighted by Gasteiger charge is -2.34. The summed E-state index contributed by atoms with van der Waals surface area (Å²) in [5.41, 5.74) is -0.354. The van der Waals surface area contributed by atoms with E-state index >= 15 is 0 Å². The van der Waals surface area contributed by atoms with Gasteiger partial charge >= 0.3 is 11.9 Å². The van der Waals surface area contributed by atoms with Gasteiger partial charge in [0, 0.05) is 11.6 Å². The molecule has 2 aliphatic rings. The van der Waals surface area contributed by atoms with Crippen LogP contribution in [0.15, 0.2) is 0 Å². The van der Waals surface area contributed by atoms with Crippen LogP contribution in [0.3, 0.4) is 0 Å². The van der Waals surface area contributed by atoms with Crippen LogP contribution in [-0.2, 0) is 19.1 Å². The van der Waals surface area contributed by atoms with E-state index in [9.17, 15) is 9.59 Å². The molecule has 3 atom stereocenters. The van der Waals surface area contributed by atoms with Gasteiger partial charge < -0.3 is 9.47 Å². The number of hydrogen-bond donors (Lipinski definition) is 0. The monoisotopic (exact) mass is 255 g/mol. The van der Waals surface area contributed by atoms with Crippen LogP contribution < -0.4 is 0 Å². The average molecular weight is 255 g/mol. The second kappa shape index (κ2) is 4.53. The van der Waals surface area contributed by atoms with Gasteiger partial charge in [0.15, 0.2) is 0 Å². The molecule has 2 fully saturated rings. The van der Waals surface area contributed by atoms with Crippen LogP contribution in [0.5, 0.6) is 0 Å². The van der Waals surface area contributed by atoms with Crippen molar-refractivity contribution in [3.63, 3.8) is 0 Å². The van der Waals surface area contributed by atoms with Crippen LogP contribution in [0.1, 0.15) is 26.7 Å². The summed E-state index contributed by atoms with van der Waals surface area (Å²) in [6.45, 7) is 4.95. The molecule has 0 bridgehead atoms. The summed E-state index contributed by atoms with van der Waals surface area (Å²) in [5, 5.41) is 0. The van der Waals surface area contributed by atoms with Gasteiger partial charge in [0.25, 0.3) is 0 Å². The molecule has 5 heteroatoms. The molecule has 18 heavy (non-hydrogen) atoms. The van der Waals surface area contributed by atoms with Crippen molar-refractivity contribution >= 4 is 11.9 Å². The first-order valence-corrected chi connectivity index (χ1v) is 6.37. The van der Waals surface area contributed by atoms with Crippen LogP contribution in [0.25, 0.3) is 0 Å². The third-order valence-electron chi connectivity index (χ3n) is 4.50. The Hall–Kier alpha value is -1.10. The minimum absolute atomic E-state index is 0.108. The summed E-state index contributed by atoms with van der Waals surface area (Å²) < 4.78 is 9.77. The molecule has 2 rings (SSSR count). The summed E-state index contributed by atoms with van der Waals surface area (Å²) in [6.07, 6.45) is 2.01. The first-order valence-electron chi connectivity index (χ1n) is 6.37. The zero-order valence-corrected chi connectivity index (χ0v) is 11.4. The highest BCUT2D eigenvalue weighted by Crippen LogP contribution is 2.48. The molecule has 0 unspecified atom stereocenters. The number of carbonyl (C=O) groups is 2. The van der Waals surface area contributed by atoms with E-state index in [0.717, 1.165) is 19.4 Å². The van der Waals surface area contributed by atoms with Crippen molar-refractivity contribution in [2.24, 2.45) is 11.8 Å².